The Labute approximate surface area is 397 Å². The van der Waals surface area contributed by atoms with Crippen LogP contribution in [0.25, 0.3) is 38.7 Å². The van der Waals surface area contributed by atoms with E-state index in [4.69, 9.17) is 19.5 Å². The van der Waals surface area contributed by atoms with Crippen molar-refractivity contribution in [2.75, 3.05) is 53.0 Å². The van der Waals surface area contributed by atoms with E-state index in [1.807, 2.05) is 60.2 Å². The summed E-state index contributed by atoms with van der Waals surface area (Å²) in [7, 11) is 1.31. The number of likely N-dealkylation sites (tertiary alicyclic amines) is 2. The number of amides is 4. The first-order chi connectivity index (χ1) is 33.1. The summed E-state index contributed by atoms with van der Waals surface area (Å²) in [5.74, 6) is 0.264. The fraction of sp³-hybridized carbons (Fsp3) is 0.407. The Balaban J connectivity index is 0.810. The molecule has 4 amide bonds. The Morgan fingerprint density at radius 3 is 2.24 bits per heavy atom. The van der Waals surface area contributed by atoms with Crippen LogP contribution in [0.5, 0.6) is 0 Å². The molecule has 14 heteroatoms. The van der Waals surface area contributed by atoms with Gasteiger partial charge in [0.2, 0.25) is 17.7 Å². The molecule has 68 heavy (non-hydrogen) atoms. The van der Waals surface area contributed by atoms with Gasteiger partial charge in [-0.2, -0.15) is 0 Å². The summed E-state index contributed by atoms with van der Waals surface area (Å²) < 4.78 is 10.3. The van der Waals surface area contributed by atoms with Gasteiger partial charge in [0.15, 0.2) is 0 Å². The lowest BCUT2D eigenvalue weighted by molar-refractivity contribution is -0.138. The molecule has 0 saturated carbocycles. The maximum absolute atomic E-state index is 14.4. The minimum absolute atomic E-state index is 0.0777. The monoisotopic (exact) mass is 916 g/mol. The molecule has 0 spiro atoms. The van der Waals surface area contributed by atoms with Crippen molar-refractivity contribution >= 4 is 45.9 Å². The van der Waals surface area contributed by atoms with Gasteiger partial charge in [0.1, 0.15) is 17.9 Å². The Bertz CT molecular complexity index is 2790. The molecule has 4 aromatic carbocycles. The number of H-pyrrole nitrogens is 1. The Morgan fingerprint density at radius 1 is 0.794 bits per heavy atom. The van der Waals surface area contributed by atoms with Gasteiger partial charge in [-0.15, -0.1) is 0 Å². The number of carbonyl (C=O) groups excluding carboxylic acids is 4. The number of hydrogen-bond acceptors (Lipinski definition) is 9. The normalized spacial score (nSPS) is 20.3. The number of nitrogens with one attached hydrogen (secondary N) is 3. The smallest absolute Gasteiger partial charge is 0.407 e. The molecule has 352 valence electrons. The Morgan fingerprint density at radius 2 is 1.49 bits per heavy atom. The van der Waals surface area contributed by atoms with Crippen molar-refractivity contribution in [3.05, 3.63) is 119 Å². The quantitative estimate of drug-likeness (QED) is 0.115. The van der Waals surface area contributed by atoms with Crippen LogP contribution in [0.4, 0.5) is 4.79 Å². The second-order valence-electron chi connectivity index (χ2n) is 19.1. The molecule has 1 aromatic heterocycles. The van der Waals surface area contributed by atoms with Crippen LogP contribution in [0.3, 0.4) is 0 Å². The third-order valence-corrected chi connectivity index (χ3v) is 14.4. The number of aromatic nitrogens is 2. The minimum atomic E-state index is -0.802. The summed E-state index contributed by atoms with van der Waals surface area (Å²) in [6.07, 6.45) is 7.13. The predicted octanol–water partition coefficient (Wildman–Crippen LogP) is 7.62. The van der Waals surface area contributed by atoms with Crippen molar-refractivity contribution in [1.82, 2.24) is 35.3 Å². The molecule has 3 N–H and O–H groups in total. The highest BCUT2D eigenvalue weighted by molar-refractivity contribution is 6.05. The van der Waals surface area contributed by atoms with Gasteiger partial charge in [0.25, 0.3) is 0 Å². The number of carbonyl (C=O) groups is 4. The first-order valence-electron chi connectivity index (χ1n) is 24.2. The number of aryl methyl sites for hydroxylation is 1. The van der Waals surface area contributed by atoms with Crippen molar-refractivity contribution in [2.45, 2.75) is 83.0 Å². The maximum Gasteiger partial charge on any atom is 0.407 e. The number of nitrogens with zero attached hydrogens (tertiary/aromatic N) is 5. The number of morpholine rings is 1. The van der Waals surface area contributed by atoms with E-state index in [9.17, 15) is 19.2 Å². The highest BCUT2D eigenvalue weighted by Crippen LogP contribution is 2.42. The summed E-state index contributed by atoms with van der Waals surface area (Å²) in [6.45, 7) is 7.90. The van der Waals surface area contributed by atoms with Gasteiger partial charge in [-0.05, 0) is 101 Å². The molecule has 5 heterocycles. The zero-order valence-corrected chi connectivity index (χ0v) is 39.1. The largest absolute Gasteiger partial charge is 0.453 e. The van der Waals surface area contributed by atoms with E-state index in [2.05, 4.69) is 75.1 Å². The zero-order valence-electron chi connectivity index (χ0n) is 39.1. The van der Waals surface area contributed by atoms with Gasteiger partial charge in [0, 0.05) is 49.6 Å². The van der Waals surface area contributed by atoms with Crippen LogP contribution in [-0.4, -0.2) is 119 Å². The molecular formula is C54H60N8O6. The van der Waals surface area contributed by atoms with Crippen molar-refractivity contribution < 1.29 is 28.7 Å². The van der Waals surface area contributed by atoms with Crippen LogP contribution >= 0.6 is 0 Å². The highest BCUT2D eigenvalue weighted by atomic mass is 16.5. The minimum Gasteiger partial charge on any atom is -0.453 e. The van der Waals surface area contributed by atoms with E-state index in [1.165, 1.54) is 29.4 Å². The van der Waals surface area contributed by atoms with E-state index in [1.54, 1.807) is 0 Å². The molecule has 14 nitrogen and oxygen atoms in total. The number of benzene rings is 4. The van der Waals surface area contributed by atoms with Crippen LogP contribution in [-0.2, 0) is 30.3 Å². The number of aliphatic imine (C=N–C) groups is 1. The lowest BCUT2D eigenvalue weighted by Crippen LogP contribution is -2.53. The highest BCUT2D eigenvalue weighted by Gasteiger charge is 2.41. The van der Waals surface area contributed by atoms with Crippen LogP contribution in [0.1, 0.15) is 87.0 Å². The van der Waals surface area contributed by atoms with Gasteiger partial charge >= 0.3 is 6.09 Å². The molecule has 5 aliphatic rings. The number of imidazole rings is 1. The van der Waals surface area contributed by atoms with E-state index < -0.39 is 18.2 Å². The molecular weight excluding hydrogens is 857 g/mol. The third kappa shape index (κ3) is 9.19. The van der Waals surface area contributed by atoms with Crippen LogP contribution in [0, 0.1) is 5.92 Å². The van der Waals surface area contributed by atoms with Crippen LogP contribution in [0.15, 0.2) is 102 Å². The molecule has 0 bridgehead atoms. The maximum atomic E-state index is 14.4. The number of rotatable bonds is 12. The Kier molecular flexibility index (Phi) is 13.0. The molecule has 4 aliphatic heterocycles. The fourth-order valence-corrected chi connectivity index (χ4v) is 10.8. The standard InChI is InChI=1S/C54H60N8O6/c1-33(2)49(59-54(66)67-3)52(64)61-21-7-11-46(61)44-30-42-41-19-17-38(28-39(41)18-20-43(42)56-44)35-13-14-37-29-40(16-15-36(37)27-35)45-31-55-51(57-45)47-12-8-22-62(47)53(65)50(34-9-5-4-6-10-34)58-48(63)32-60-23-25-68-26-24-60/h4-6,9-10,13-17,19,27-29,31,33,46-47,49-50H,7-8,11-12,18,20-26,30,32H2,1-3H3,(H,55,57)(H,58,63)(H,59,66)/t46-,47-,49-,50+/m0/s1. The van der Waals surface area contributed by atoms with E-state index >= 15 is 0 Å². The van der Waals surface area contributed by atoms with E-state index in [0.29, 0.717) is 39.4 Å². The van der Waals surface area contributed by atoms with E-state index in [-0.39, 0.29) is 42.3 Å². The first kappa shape index (κ1) is 45.2. The van der Waals surface area contributed by atoms with Gasteiger partial charge in [0.05, 0.1) is 50.8 Å². The molecule has 3 fully saturated rings. The second kappa shape index (κ2) is 19.5. The van der Waals surface area contributed by atoms with Crippen LogP contribution < -0.4 is 10.6 Å². The number of fused-ring (bicyclic) bond motifs is 3. The number of hydrogen-bond donors (Lipinski definition) is 3. The average molecular weight is 917 g/mol. The molecule has 10 rings (SSSR count). The summed E-state index contributed by atoms with van der Waals surface area (Å²) in [6, 6.07) is 27.6. The SMILES string of the molecule is COC(=O)N[C@H](C(=O)N1CCC[C@H]1C1=NC2=C(C1)c1ccc(-c3ccc4cc(-c5cnc([C@@H]6CCCN6C(=O)[C@H](NC(=O)CN6CCOCC6)c6ccccc6)[nH]5)ccc4c3)cc1CC2)C(C)C. The van der Waals surface area contributed by atoms with E-state index in [0.717, 1.165) is 95.3 Å². The van der Waals surface area contributed by atoms with Gasteiger partial charge in [-0.3, -0.25) is 24.3 Å². The van der Waals surface area contributed by atoms with Gasteiger partial charge < -0.3 is 34.9 Å². The van der Waals surface area contributed by atoms with Gasteiger partial charge in [-0.1, -0.05) is 86.6 Å². The second-order valence-corrected chi connectivity index (χ2v) is 19.1. The summed E-state index contributed by atoms with van der Waals surface area (Å²) in [4.78, 5) is 73.0. The van der Waals surface area contributed by atoms with Crippen molar-refractivity contribution in [1.29, 1.82) is 0 Å². The van der Waals surface area contributed by atoms with Gasteiger partial charge in [-0.25, -0.2) is 9.78 Å². The number of methoxy groups -OCH3 is 1. The molecule has 5 aromatic rings. The zero-order chi connectivity index (χ0) is 46.9. The summed E-state index contributed by atoms with van der Waals surface area (Å²) in [5.41, 5.74) is 11.0. The van der Waals surface area contributed by atoms with Crippen molar-refractivity contribution in [3.8, 4) is 22.4 Å². The summed E-state index contributed by atoms with van der Waals surface area (Å²) >= 11 is 0. The topological polar surface area (TPSA) is 162 Å². The first-order valence-corrected chi connectivity index (χ1v) is 24.2. The molecule has 1 aliphatic carbocycles. The Hall–Kier alpha value is -6.64. The summed E-state index contributed by atoms with van der Waals surface area (Å²) in [5, 5.41) is 8.07. The van der Waals surface area contributed by atoms with Crippen LogP contribution in [0.2, 0.25) is 0 Å². The number of allylic oxidation sites excluding steroid dienone is 2. The van der Waals surface area contributed by atoms with Crippen molar-refractivity contribution in [2.24, 2.45) is 10.9 Å². The predicted molar refractivity (Wildman–Crippen MR) is 261 cm³/mol. The molecule has 3 saturated heterocycles. The average Bonchev–Trinajstić information content (AvgIpc) is 4.22. The number of aromatic amines is 1. The molecule has 0 radical (unpaired) electrons. The number of alkyl carbamates (subject to hydrolysis) is 1. The molecule has 0 unspecified atom stereocenters. The fourth-order valence-electron chi connectivity index (χ4n) is 10.8. The number of ether oxygens (including phenoxy) is 2. The molecule has 4 atom stereocenters. The lowest BCUT2D eigenvalue weighted by Gasteiger charge is -2.31. The third-order valence-electron chi connectivity index (χ3n) is 14.4. The van der Waals surface area contributed by atoms with Crippen molar-refractivity contribution in [3.63, 3.8) is 0 Å². The lowest BCUT2D eigenvalue weighted by atomic mass is 9.85.